The maximum absolute atomic E-state index is 11.2. The first-order chi connectivity index (χ1) is 10.0. The Kier molecular flexibility index (Phi) is 4.72. The van der Waals surface area contributed by atoms with Gasteiger partial charge in [-0.05, 0) is 43.3 Å². The van der Waals surface area contributed by atoms with Crippen LogP contribution in [-0.2, 0) is 10.0 Å². The van der Waals surface area contributed by atoms with Gasteiger partial charge in [-0.2, -0.15) is 0 Å². The van der Waals surface area contributed by atoms with Crippen LogP contribution in [-0.4, -0.2) is 21.2 Å². The molecule has 0 bridgehead atoms. The molecule has 0 saturated heterocycles. The van der Waals surface area contributed by atoms with Crippen molar-refractivity contribution in [3.05, 3.63) is 54.1 Å². The van der Waals surface area contributed by atoms with Crippen molar-refractivity contribution >= 4 is 21.9 Å². The summed E-state index contributed by atoms with van der Waals surface area (Å²) < 4.78 is 27.8. The summed E-state index contributed by atoms with van der Waals surface area (Å²) in [4.78, 5) is 4.37. The zero-order valence-electron chi connectivity index (χ0n) is 11.6. The highest BCUT2D eigenvalue weighted by Gasteiger charge is 2.06. The van der Waals surface area contributed by atoms with E-state index in [1.807, 2.05) is 31.2 Å². The molecule has 0 fully saturated rings. The molecule has 0 saturated carbocycles. The fourth-order valence-electron chi connectivity index (χ4n) is 1.74. The lowest BCUT2D eigenvalue weighted by Crippen LogP contribution is -2.11. The lowest BCUT2D eigenvalue weighted by atomic mass is 10.2. The van der Waals surface area contributed by atoms with Gasteiger partial charge >= 0.3 is 0 Å². The third-order valence-corrected chi connectivity index (χ3v) is 3.67. The molecule has 21 heavy (non-hydrogen) atoms. The Morgan fingerprint density at radius 2 is 1.81 bits per heavy atom. The van der Waals surface area contributed by atoms with Gasteiger partial charge < -0.3 is 4.74 Å². The minimum atomic E-state index is -3.67. The molecule has 5 nitrogen and oxygen atoms in total. The van der Waals surface area contributed by atoms with E-state index in [-0.39, 0.29) is 4.90 Å². The Balaban J connectivity index is 2.22. The zero-order chi connectivity index (χ0) is 15.3. The van der Waals surface area contributed by atoms with E-state index < -0.39 is 10.0 Å². The van der Waals surface area contributed by atoms with Gasteiger partial charge in [0.2, 0.25) is 10.0 Å². The topological polar surface area (TPSA) is 81.8 Å². The molecule has 0 aromatic heterocycles. The second-order valence-electron chi connectivity index (χ2n) is 4.27. The number of rotatable bonds is 5. The first-order valence-electron chi connectivity index (χ1n) is 6.39. The first kappa shape index (κ1) is 15.2. The van der Waals surface area contributed by atoms with Gasteiger partial charge in [-0.15, -0.1) is 0 Å². The van der Waals surface area contributed by atoms with Crippen LogP contribution < -0.4 is 9.88 Å². The summed E-state index contributed by atoms with van der Waals surface area (Å²) in [6.45, 7) is 2.49. The van der Waals surface area contributed by atoms with E-state index >= 15 is 0 Å². The summed E-state index contributed by atoms with van der Waals surface area (Å²) in [5.74, 6) is 0.755. The van der Waals surface area contributed by atoms with Crippen LogP contribution in [0.15, 0.2) is 58.4 Å². The molecule has 2 rings (SSSR count). The molecule has 0 aliphatic carbocycles. The van der Waals surface area contributed by atoms with Crippen LogP contribution in [0.1, 0.15) is 12.5 Å². The summed E-state index contributed by atoms with van der Waals surface area (Å²) in [6, 6.07) is 13.6. The Hall–Kier alpha value is -2.18. The van der Waals surface area contributed by atoms with Gasteiger partial charge in [-0.25, -0.2) is 13.6 Å². The minimum absolute atomic E-state index is 0.0659. The molecule has 2 aromatic carbocycles. The normalized spacial score (nSPS) is 11.7. The van der Waals surface area contributed by atoms with Crippen molar-refractivity contribution in [2.45, 2.75) is 11.8 Å². The molecule has 0 aliphatic rings. The fourth-order valence-corrected chi connectivity index (χ4v) is 2.26. The Morgan fingerprint density at radius 1 is 1.14 bits per heavy atom. The highest BCUT2D eigenvalue weighted by Crippen LogP contribution is 2.19. The lowest BCUT2D eigenvalue weighted by molar-refractivity contribution is 0.340. The predicted molar refractivity (Wildman–Crippen MR) is 82.7 cm³/mol. The van der Waals surface area contributed by atoms with Gasteiger partial charge in [0.1, 0.15) is 5.75 Å². The summed E-state index contributed by atoms with van der Waals surface area (Å²) in [5.41, 5.74) is 1.49. The number of hydrogen-bond acceptors (Lipinski definition) is 4. The molecule has 110 valence electrons. The number of hydrogen-bond donors (Lipinski definition) is 1. The maximum atomic E-state index is 11.2. The molecule has 0 atom stereocenters. The van der Waals surface area contributed by atoms with Gasteiger partial charge in [0.15, 0.2) is 0 Å². The molecular weight excluding hydrogens is 288 g/mol. The minimum Gasteiger partial charge on any atom is -0.493 e. The third kappa shape index (κ3) is 4.14. The molecule has 0 aliphatic heterocycles. The molecule has 0 heterocycles. The molecule has 0 unspecified atom stereocenters. The van der Waals surface area contributed by atoms with E-state index in [0.29, 0.717) is 12.3 Å². The van der Waals surface area contributed by atoms with Crippen molar-refractivity contribution in [1.29, 1.82) is 0 Å². The van der Waals surface area contributed by atoms with Crippen molar-refractivity contribution in [2.24, 2.45) is 10.1 Å². The molecular formula is C15H16N2O3S. The monoisotopic (exact) mass is 304 g/mol. The van der Waals surface area contributed by atoms with Gasteiger partial charge in [0.05, 0.1) is 17.2 Å². The SMILES string of the molecule is CCOc1ccccc1C=Nc1ccc(S(N)(=O)=O)cc1. The Morgan fingerprint density at radius 3 is 2.43 bits per heavy atom. The average Bonchev–Trinajstić information content (AvgIpc) is 2.46. The van der Waals surface area contributed by atoms with E-state index in [0.717, 1.165) is 11.3 Å². The van der Waals surface area contributed by atoms with Gasteiger partial charge in [0, 0.05) is 11.8 Å². The Labute approximate surface area is 124 Å². The summed E-state index contributed by atoms with van der Waals surface area (Å²) >= 11 is 0. The number of sulfonamides is 1. The number of primary sulfonamides is 1. The van der Waals surface area contributed by atoms with E-state index in [1.165, 1.54) is 12.1 Å². The van der Waals surface area contributed by atoms with Crippen LogP contribution in [0.2, 0.25) is 0 Å². The van der Waals surface area contributed by atoms with Crippen LogP contribution in [0.5, 0.6) is 5.75 Å². The molecule has 2 aromatic rings. The van der Waals surface area contributed by atoms with Crippen LogP contribution >= 0.6 is 0 Å². The number of benzene rings is 2. The summed E-state index contributed by atoms with van der Waals surface area (Å²) in [6.07, 6.45) is 1.68. The van der Waals surface area contributed by atoms with E-state index in [1.54, 1.807) is 18.3 Å². The number of nitrogens with zero attached hydrogens (tertiary/aromatic N) is 1. The van der Waals surface area contributed by atoms with Crippen LogP contribution in [0.25, 0.3) is 0 Å². The third-order valence-electron chi connectivity index (χ3n) is 2.74. The molecule has 0 amide bonds. The molecule has 0 spiro atoms. The van der Waals surface area contributed by atoms with Crippen LogP contribution in [0.3, 0.4) is 0 Å². The zero-order valence-corrected chi connectivity index (χ0v) is 12.4. The van der Waals surface area contributed by atoms with E-state index in [2.05, 4.69) is 4.99 Å². The Bertz CT molecular complexity index is 738. The summed E-state index contributed by atoms with van der Waals surface area (Å²) in [5, 5.41) is 5.04. The molecule has 0 radical (unpaired) electrons. The molecule has 2 N–H and O–H groups in total. The number of nitrogens with two attached hydrogens (primary N) is 1. The smallest absolute Gasteiger partial charge is 0.238 e. The largest absolute Gasteiger partial charge is 0.493 e. The standard InChI is InChI=1S/C15H16N2O3S/c1-2-20-15-6-4-3-5-12(15)11-17-13-7-9-14(10-8-13)21(16,18)19/h3-11H,2H2,1H3,(H2,16,18,19). The first-order valence-corrected chi connectivity index (χ1v) is 7.94. The predicted octanol–water partition coefficient (Wildman–Crippen LogP) is 2.48. The van der Waals surface area contributed by atoms with Crippen molar-refractivity contribution in [2.75, 3.05) is 6.61 Å². The van der Waals surface area contributed by atoms with E-state index in [4.69, 9.17) is 9.88 Å². The van der Waals surface area contributed by atoms with Gasteiger partial charge in [-0.1, -0.05) is 12.1 Å². The lowest BCUT2D eigenvalue weighted by Gasteiger charge is -2.05. The van der Waals surface area contributed by atoms with E-state index in [9.17, 15) is 8.42 Å². The van der Waals surface area contributed by atoms with Crippen LogP contribution in [0.4, 0.5) is 5.69 Å². The number of ether oxygens (including phenoxy) is 1. The van der Waals surface area contributed by atoms with Crippen molar-refractivity contribution in [3.8, 4) is 5.75 Å². The number of aliphatic imine (C=N–C) groups is 1. The quantitative estimate of drug-likeness (QED) is 0.862. The second kappa shape index (κ2) is 6.51. The second-order valence-corrected chi connectivity index (χ2v) is 5.83. The summed E-state index contributed by atoms with van der Waals surface area (Å²) in [7, 11) is -3.67. The van der Waals surface area contributed by atoms with Crippen molar-refractivity contribution in [1.82, 2.24) is 0 Å². The van der Waals surface area contributed by atoms with Crippen LogP contribution in [0, 0.1) is 0 Å². The van der Waals surface area contributed by atoms with Crippen molar-refractivity contribution < 1.29 is 13.2 Å². The highest BCUT2D eigenvalue weighted by molar-refractivity contribution is 7.89. The maximum Gasteiger partial charge on any atom is 0.238 e. The average molecular weight is 304 g/mol. The van der Waals surface area contributed by atoms with Crippen molar-refractivity contribution in [3.63, 3.8) is 0 Å². The fraction of sp³-hybridized carbons (Fsp3) is 0.133. The number of para-hydroxylation sites is 1. The molecule has 6 heteroatoms. The van der Waals surface area contributed by atoms with Gasteiger partial charge in [-0.3, -0.25) is 4.99 Å². The van der Waals surface area contributed by atoms with Gasteiger partial charge in [0.25, 0.3) is 0 Å². The highest BCUT2D eigenvalue weighted by atomic mass is 32.2.